The maximum atomic E-state index is 13.8. The summed E-state index contributed by atoms with van der Waals surface area (Å²) >= 11 is 0. The highest BCUT2D eigenvalue weighted by atomic mass is 19.4. The van der Waals surface area contributed by atoms with Crippen LogP contribution in [-0.4, -0.2) is 25.5 Å². The number of nitrogens with one attached hydrogen (secondary N) is 1. The summed E-state index contributed by atoms with van der Waals surface area (Å²) in [5, 5.41) is 11.5. The molecule has 0 aliphatic rings. The first-order valence-electron chi connectivity index (χ1n) is 11.4. The number of alkyl halides is 3. The van der Waals surface area contributed by atoms with E-state index in [0.717, 1.165) is 41.0 Å². The van der Waals surface area contributed by atoms with E-state index in [1.54, 1.807) is 26.0 Å². The van der Waals surface area contributed by atoms with Gasteiger partial charge in [0.1, 0.15) is 0 Å². The van der Waals surface area contributed by atoms with Gasteiger partial charge in [0.25, 0.3) is 0 Å². The Kier molecular flexibility index (Phi) is 7.53. The second-order valence-corrected chi connectivity index (χ2v) is 9.18. The van der Waals surface area contributed by atoms with Crippen LogP contribution in [0.3, 0.4) is 0 Å². The van der Waals surface area contributed by atoms with Crippen molar-refractivity contribution in [3.63, 3.8) is 0 Å². The number of aryl methyl sites for hydroxylation is 3. The molecule has 2 heterocycles. The first kappa shape index (κ1) is 25.5. The molecule has 1 aromatic carbocycles. The van der Waals surface area contributed by atoms with Crippen LogP contribution >= 0.6 is 0 Å². The summed E-state index contributed by atoms with van der Waals surface area (Å²) in [4.78, 5) is 12.5. The van der Waals surface area contributed by atoms with Crippen LogP contribution in [0.25, 0.3) is 5.69 Å². The van der Waals surface area contributed by atoms with Crippen LogP contribution in [0.5, 0.6) is 0 Å². The van der Waals surface area contributed by atoms with Crippen molar-refractivity contribution < 1.29 is 18.0 Å². The second kappa shape index (κ2) is 10.0. The minimum absolute atomic E-state index is 0.0169. The van der Waals surface area contributed by atoms with Crippen molar-refractivity contribution >= 4 is 5.91 Å². The molecule has 1 N–H and O–H groups in total. The zero-order valence-electron chi connectivity index (χ0n) is 20.5. The number of carbonyl (C=O) groups is 1. The molecule has 0 atom stereocenters. The van der Waals surface area contributed by atoms with Crippen molar-refractivity contribution in [1.29, 1.82) is 0 Å². The number of aromatic nitrogens is 4. The zero-order chi connectivity index (χ0) is 25.2. The number of carbonyl (C=O) groups excluding carboxylic acids is 1. The van der Waals surface area contributed by atoms with Crippen LogP contribution in [0.15, 0.2) is 24.3 Å². The summed E-state index contributed by atoms with van der Waals surface area (Å²) in [6.07, 6.45) is -3.88. The van der Waals surface area contributed by atoms with Gasteiger partial charge < -0.3 is 5.32 Å². The fraction of sp³-hybridized carbons (Fsp3) is 0.480. The Bertz CT molecular complexity index is 1170. The van der Waals surface area contributed by atoms with Gasteiger partial charge in [0.05, 0.1) is 22.6 Å². The van der Waals surface area contributed by atoms with Crippen molar-refractivity contribution in [2.24, 2.45) is 5.92 Å². The Morgan fingerprint density at radius 2 is 1.79 bits per heavy atom. The number of hydrogen-bond donors (Lipinski definition) is 1. The van der Waals surface area contributed by atoms with Crippen molar-refractivity contribution in [3.8, 4) is 5.69 Å². The maximum Gasteiger partial charge on any atom is 0.416 e. The van der Waals surface area contributed by atoms with Crippen LogP contribution in [-0.2, 0) is 30.5 Å². The molecule has 6 nitrogen and oxygen atoms in total. The quantitative estimate of drug-likeness (QED) is 0.485. The minimum atomic E-state index is -4.55. The van der Waals surface area contributed by atoms with E-state index in [1.807, 2.05) is 18.5 Å². The molecule has 0 saturated heterocycles. The third-order valence-corrected chi connectivity index (χ3v) is 5.80. The SMILES string of the molecule is Cc1cc(C)n(-c2ccc(CNC(=O)CCc3c(C)nn(CC(C)C)c3C)c(C(F)(F)F)c2)n1. The van der Waals surface area contributed by atoms with Crippen LogP contribution in [0.2, 0.25) is 0 Å². The van der Waals surface area contributed by atoms with Gasteiger partial charge in [0.2, 0.25) is 5.91 Å². The molecule has 34 heavy (non-hydrogen) atoms. The molecule has 1 amide bonds. The van der Waals surface area contributed by atoms with E-state index in [9.17, 15) is 18.0 Å². The van der Waals surface area contributed by atoms with Crippen molar-refractivity contribution in [2.75, 3.05) is 0 Å². The summed E-state index contributed by atoms with van der Waals surface area (Å²) in [5.74, 6) is 0.149. The second-order valence-electron chi connectivity index (χ2n) is 9.18. The Labute approximate surface area is 198 Å². The Balaban J connectivity index is 1.70. The largest absolute Gasteiger partial charge is 0.416 e. The predicted molar refractivity (Wildman–Crippen MR) is 125 cm³/mol. The normalized spacial score (nSPS) is 11.9. The topological polar surface area (TPSA) is 64.7 Å². The summed E-state index contributed by atoms with van der Waals surface area (Å²) in [6.45, 7) is 12.3. The molecule has 0 unspecified atom stereocenters. The third kappa shape index (κ3) is 5.87. The monoisotopic (exact) mass is 475 g/mol. The standard InChI is InChI=1S/C25H32F3N5O/c1-15(2)14-32-19(6)22(18(5)31-32)9-10-24(34)29-13-20-7-8-21(12-23(20)25(26,27)28)33-17(4)11-16(3)30-33/h7-8,11-12,15H,9-10,13-14H2,1-6H3,(H,29,34). The summed E-state index contributed by atoms with van der Waals surface area (Å²) < 4.78 is 44.8. The molecule has 0 aliphatic carbocycles. The predicted octanol–water partition coefficient (Wildman–Crippen LogP) is 5.23. The van der Waals surface area contributed by atoms with Gasteiger partial charge in [0.15, 0.2) is 0 Å². The van der Waals surface area contributed by atoms with E-state index in [0.29, 0.717) is 18.0 Å². The molecular formula is C25H32F3N5O. The average molecular weight is 476 g/mol. The van der Waals surface area contributed by atoms with E-state index < -0.39 is 11.7 Å². The van der Waals surface area contributed by atoms with Gasteiger partial charge >= 0.3 is 6.18 Å². The number of amides is 1. The molecule has 0 saturated carbocycles. The van der Waals surface area contributed by atoms with E-state index >= 15 is 0 Å². The van der Waals surface area contributed by atoms with Crippen molar-refractivity contribution in [3.05, 3.63) is 63.7 Å². The van der Waals surface area contributed by atoms with Gasteiger partial charge in [-0.05, 0) is 69.4 Å². The summed E-state index contributed by atoms with van der Waals surface area (Å²) in [7, 11) is 0. The molecule has 0 aliphatic heterocycles. The maximum absolute atomic E-state index is 13.8. The van der Waals surface area contributed by atoms with Crippen LogP contribution in [0.4, 0.5) is 13.2 Å². The molecule has 3 rings (SSSR count). The number of benzene rings is 1. The molecule has 184 valence electrons. The first-order chi connectivity index (χ1) is 15.9. The summed E-state index contributed by atoms with van der Waals surface area (Å²) in [6, 6.07) is 5.87. The minimum Gasteiger partial charge on any atom is -0.352 e. The average Bonchev–Trinajstić information content (AvgIpc) is 3.20. The summed E-state index contributed by atoms with van der Waals surface area (Å²) in [5.41, 5.74) is 3.96. The Morgan fingerprint density at radius 1 is 1.09 bits per heavy atom. The first-order valence-corrected chi connectivity index (χ1v) is 11.4. The zero-order valence-corrected chi connectivity index (χ0v) is 20.5. The van der Waals surface area contributed by atoms with E-state index in [2.05, 4.69) is 29.4 Å². The number of hydrogen-bond acceptors (Lipinski definition) is 3. The van der Waals surface area contributed by atoms with Gasteiger partial charge in [-0.2, -0.15) is 23.4 Å². The van der Waals surface area contributed by atoms with Crippen LogP contribution < -0.4 is 5.32 Å². The van der Waals surface area contributed by atoms with E-state index in [4.69, 9.17) is 0 Å². The Morgan fingerprint density at radius 3 is 2.38 bits per heavy atom. The number of rotatable bonds is 8. The molecule has 2 aromatic heterocycles. The van der Waals surface area contributed by atoms with E-state index in [-0.39, 0.29) is 24.4 Å². The van der Waals surface area contributed by atoms with Gasteiger partial charge in [-0.15, -0.1) is 0 Å². The number of halogens is 3. The molecule has 9 heteroatoms. The molecular weight excluding hydrogens is 443 g/mol. The fourth-order valence-corrected chi connectivity index (χ4v) is 4.14. The lowest BCUT2D eigenvalue weighted by Gasteiger charge is -2.16. The van der Waals surface area contributed by atoms with E-state index in [1.165, 1.54) is 10.7 Å². The van der Waals surface area contributed by atoms with Gasteiger partial charge in [0, 0.05) is 30.9 Å². The van der Waals surface area contributed by atoms with Crippen LogP contribution in [0, 0.1) is 33.6 Å². The van der Waals surface area contributed by atoms with Crippen molar-refractivity contribution in [1.82, 2.24) is 24.9 Å². The van der Waals surface area contributed by atoms with Gasteiger partial charge in [-0.25, -0.2) is 4.68 Å². The highest BCUT2D eigenvalue weighted by molar-refractivity contribution is 5.76. The highest BCUT2D eigenvalue weighted by Gasteiger charge is 2.34. The lowest BCUT2D eigenvalue weighted by Crippen LogP contribution is -2.25. The highest BCUT2D eigenvalue weighted by Crippen LogP contribution is 2.33. The lowest BCUT2D eigenvalue weighted by atomic mass is 10.0. The third-order valence-electron chi connectivity index (χ3n) is 5.80. The number of nitrogens with zero attached hydrogens (tertiary/aromatic N) is 4. The molecule has 0 fully saturated rings. The molecule has 0 radical (unpaired) electrons. The molecule has 0 bridgehead atoms. The fourth-order valence-electron chi connectivity index (χ4n) is 4.14. The molecule has 3 aromatic rings. The smallest absolute Gasteiger partial charge is 0.352 e. The van der Waals surface area contributed by atoms with Gasteiger partial charge in [-0.3, -0.25) is 9.48 Å². The molecule has 0 spiro atoms. The van der Waals surface area contributed by atoms with Gasteiger partial charge in [-0.1, -0.05) is 19.9 Å². The van der Waals surface area contributed by atoms with Crippen LogP contribution in [0.1, 0.15) is 59.7 Å². The lowest BCUT2D eigenvalue weighted by molar-refractivity contribution is -0.138. The Hall–Kier alpha value is -3.10. The van der Waals surface area contributed by atoms with Crippen molar-refractivity contribution in [2.45, 2.75) is 73.6 Å².